The number of para-hydroxylation sites is 2. The number of aromatic nitrogens is 2. The average molecular weight is 344 g/mol. The fourth-order valence-electron chi connectivity index (χ4n) is 4.01. The van der Waals surface area contributed by atoms with Gasteiger partial charge in [-0.3, -0.25) is 9.36 Å². The van der Waals surface area contributed by atoms with Crippen molar-refractivity contribution in [3.8, 4) is 0 Å². The first-order valence-electron chi connectivity index (χ1n) is 8.97. The van der Waals surface area contributed by atoms with Crippen LogP contribution in [0.4, 0.5) is 0 Å². The highest BCUT2D eigenvalue weighted by Crippen LogP contribution is 2.33. The Labute approximate surface area is 145 Å². The summed E-state index contributed by atoms with van der Waals surface area (Å²) in [5, 5.41) is 6.42. The summed E-state index contributed by atoms with van der Waals surface area (Å²) < 4.78 is 7.63. The summed E-state index contributed by atoms with van der Waals surface area (Å²) in [5.74, 6) is -0.0308. The fraction of sp³-hybridized carbons (Fsp3) is 0.556. The summed E-state index contributed by atoms with van der Waals surface area (Å²) >= 11 is 0. The number of carbonyl (C=O) groups is 1. The van der Waals surface area contributed by atoms with Crippen molar-refractivity contribution in [1.29, 1.82) is 0 Å². The largest absolute Gasteiger partial charge is 0.373 e. The second-order valence-electron chi connectivity index (χ2n) is 7.06. The number of imidazole rings is 1. The van der Waals surface area contributed by atoms with Crippen LogP contribution in [-0.2, 0) is 16.1 Å². The van der Waals surface area contributed by atoms with Gasteiger partial charge < -0.3 is 20.4 Å². The van der Waals surface area contributed by atoms with Crippen LogP contribution in [0, 0.1) is 0 Å². The van der Waals surface area contributed by atoms with Crippen LogP contribution in [0.15, 0.2) is 29.1 Å². The summed E-state index contributed by atoms with van der Waals surface area (Å²) in [5.41, 5.74) is 1.40. The predicted molar refractivity (Wildman–Crippen MR) is 94.5 cm³/mol. The lowest BCUT2D eigenvalue weighted by Crippen LogP contribution is -2.43. The van der Waals surface area contributed by atoms with Crippen molar-refractivity contribution in [2.24, 2.45) is 0 Å². The number of hydrogen-bond acceptors (Lipinski definition) is 4. The molecule has 1 aromatic carbocycles. The van der Waals surface area contributed by atoms with E-state index < -0.39 is 0 Å². The third kappa shape index (κ3) is 3.34. The van der Waals surface area contributed by atoms with Crippen LogP contribution in [0.1, 0.15) is 25.7 Å². The number of hydrogen-bond donors (Lipinski definition) is 3. The highest BCUT2D eigenvalue weighted by atomic mass is 16.5. The van der Waals surface area contributed by atoms with Gasteiger partial charge in [0.15, 0.2) is 0 Å². The maximum atomic E-state index is 12.3. The molecular weight excluding hydrogens is 320 g/mol. The van der Waals surface area contributed by atoms with Crippen LogP contribution in [-0.4, -0.2) is 46.8 Å². The standard InChI is InChI=1S/C18H24N4O3/c23-16(20-13-11-18(25-12-13)6-8-19-9-7-18)5-10-22-15-4-2-1-3-14(15)21-17(22)24/h1-4,13,19H,5-12H2,(H,20,23)(H,21,24). The van der Waals surface area contributed by atoms with Gasteiger partial charge in [-0.25, -0.2) is 4.79 Å². The van der Waals surface area contributed by atoms with Gasteiger partial charge in [-0.15, -0.1) is 0 Å². The first-order valence-corrected chi connectivity index (χ1v) is 8.97. The van der Waals surface area contributed by atoms with Crippen molar-refractivity contribution in [2.45, 2.75) is 43.9 Å². The molecule has 2 aliphatic heterocycles. The quantitative estimate of drug-likeness (QED) is 0.764. The Hall–Kier alpha value is -2.12. The third-order valence-corrected chi connectivity index (χ3v) is 5.33. The van der Waals surface area contributed by atoms with Gasteiger partial charge in [-0.05, 0) is 44.5 Å². The Bertz CT molecular complexity index is 819. The molecule has 1 amide bonds. The lowest BCUT2D eigenvalue weighted by Gasteiger charge is -2.32. The second-order valence-corrected chi connectivity index (χ2v) is 7.06. The van der Waals surface area contributed by atoms with E-state index in [2.05, 4.69) is 15.6 Å². The zero-order valence-corrected chi connectivity index (χ0v) is 14.2. The highest BCUT2D eigenvalue weighted by Gasteiger charge is 2.41. The van der Waals surface area contributed by atoms with Crippen molar-refractivity contribution in [1.82, 2.24) is 20.2 Å². The van der Waals surface area contributed by atoms with E-state index in [1.807, 2.05) is 24.3 Å². The maximum absolute atomic E-state index is 12.3. The van der Waals surface area contributed by atoms with Crippen molar-refractivity contribution in [2.75, 3.05) is 19.7 Å². The topological polar surface area (TPSA) is 88.2 Å². The summed E-state index contributed by atoms with van der Waals surface area (Å²) in [7, 11) is 0. The monoisotopic (exact) mass is 344 g/mol. The van der Waals surface area contributed by atoms with Crippen molar-refractivity contribution in [3.63, 3.8) is 0 Å². The van der Waals surface area contributed by atoms with Gasteiger partial charge in [0.25, 0.3) is 0 Å². The van der Waals surface area contributed by atoms with Crippen LogP contribution in [0.25, 0.3) is 11.0 Å². The maximum Gasteiger partial charge on any atom is 0.326 e. The molecule has 0 aliphatic carbocycles. The SMILES string of the molecule is O=C(CCn1c(=O)[nH]c2ccccc21)NC1COC2(CCNCC2)C1. The molecule has 0 saturated carbocycles. The molecule has 1 aromatic heterocycles. The van der Waals surface area contributed by atoms with Gasteiger partial charge in [0, 0.05) is 13.0 Å². The van der Waals surface area contributed by atoms with Crippen LogP contribution in [0.5, 0.6) is 0 Å². The Morgan fingerprint density at radius 2 is 2.12 bits per heavy atom. The number of aryl methyl sites for hydroxylation is 1. The molecule has 4 rings (SSSR count). The third-order valence-electron chi connectivity index (χ3n) is 5.33. The van der Waals surface area contributed by atoms with E-state index in [1.54, 1.807) is 4.57 Å². The number of piperidine rings is 1. The molecule has 7 heteroatoms. The lowest BCUT2D eigenvalue weighted by atomic mass is 9.88. The number of nitrogens with zero attached hydrogens (tertiary/aromatic N) is 1. The van der Waals surface area contributed by atoms with Gasteiger partial charge >= 0.3 is 5.69 Å². The van der Waals surface area contributed by atoms with Gasteiger partial charge in [0.1, 0.15) is 0 Å². The van der Waals surface area contributed by atoms with Crippen LogP contribution in [0.3, 0.4) is 0 Å². The van der Waals surface area contributed by atoms with Gasteiger partial charge in [0.05, 0.1) is 29.3 Å². The van der Waals surface area contributed by atoms with E-state index in [0.717, 1.165) is 43.4 Å². The molecule has 2 aliphatic rings. The molecule has 7 nitrogen and oxygen atoms in total. The fourth-order valence-corrected chi connectivity index (χ4v) is 4.01. The zero-order valence-electron chi connectivity index (χ0n) is 14.2. The van der Waals surface area contributed by atoms with Crippen molar-refractivity contribution in [3.05, 3.63) is 34.7 Å². The number of ether oxygens (including phenoxy) is 1. The summed E-state index contributed by atoms with van der Waals surface area (Å²) in [4.78, 5) is 27.2. The lowest BCUT2D eigenvalue weighted by molar-refractivity contribution is -0.122. The number of benzene rings is 1. The summed E-state index contributed by atoms with van der Waals surface area (Å²) in [6.07, 6.45) is 3.18. The van der Waals surface area contributed by atoms with Crippen molar-refractivity contribution < 1.29 is 9.53 Å². The minimum absolute atomic E-state index is 0.0308. The Morgan fingerprint density at radius 3 is 2.96 bits per heavy atom. The number of fused-ring (bicyclic) bond motifs is 1. The van der Waals surface area contributed by atoms with Crippen LogP contribution < -0.4 is 16.3 Å². The second kappa shape index (κ2) is 6.65. The normalized spacial score (nSPS) is 22.5. The molecule has 2 aromatic rings. The molecule has 3 N–H and O–H groups in total. The molecule has 2 fully saturated rings. The van der Waals surface area contributed by atoms with Gasteiger partial charge in [-0.1, -0.05) is 12.1 Å². The molecule has 0 bridgehead atoms. The molecular formula is C18H24N4O3. The molecule has 2 saturated heterocycles. The number of nitrogens with one attached hydrogen (secondary N) is 3. The number of amides is 1. The van der Waals surface area contributed by atoms with E-state index >= 15 is 0 Å². The Kier molecular flexibility index (Phi) is 4.35. The predicted octanol–water partition coefficient (Wildman–Crippen LogP) is 0.747. The van der Waals surface area contributed by atoms with E-state index in [9.17, 15) is 9.59 Å². The van der Waals surface area contributed by atoms with Crippen LogP contribution >= 0.6 is 0 Å². The van der Waals surface area contributed by atoms with Gasteiger partial charge in [-0.2, -0.15) is 0 Å². The zero-order chi connectivity index (χ0) is 17.3. The molecule has 1 unspecified atom stereocenters. The number of H-pyrrole nitrogens is 1. The van der Waals surface area contributed by atoms with Crippen LogP contribution in [0.2, 0.25) is 0 Å². The molecule has 1 spiro atoms. The molecule has 134 valence electrons. The van der Waals surface area contributed by atoms with E-state index in [0.29, 0.717) is 13.2 Å². The molecule has 1 atom stereocenters. The molecule has 0 radical (unpaired) electrons. The van der Waals surface area contributed by atoms with Crippen molar-refractivity contribution >= 4 is 16.9 Å². The minimum Gasteiger partial charge on any atom is -0.373 e. The molecule has 25 heavy (non-hydrogen) atoms. The Balaban J connectivity index is 1.34. The van der Waals surface area contributed by atoms with E-state index in [4.69, 9.17) is 4.74 Å². The average Bonchev–Trinajstić information content (AvgIpc) is 3.14. The Morgan fingerprint density at radius 1 is 1.32 bits per heavy atom. The smallest absolute Gasteiger partial charge is 0.326 e. The number of carbonyl (C=O) groups excluding carboxylic acids is 1. The summed E-state index contributed by atoms with van der Waals surface area (Å²) in [6.45, 7) is 2.91. The highest BCUT2D eigenvalue weighted by molar-refractivity contribution is 5.77. The first-order chi connectivity index (χ1) is 12.2. The van der Waals surface area contributed by atoms with E-state index in [1.165, 1.54) is 0 Å². The first kappa shape index (κ1) is 16.4. The molecule has 3 heterocycles. The number of aromatic amines is 1. The summed E-state index contributed by atoms with van der Waals surface area (Å²) in [6, 6.07) is 7.59. The van der Waals surface area contributed by atoms with Gasteiger partial charge in [0.2, 0.25) is 5.91 Å². The minimum atomic E-state index is -0.174. The van der Waals surface area contributed by atoms with E-state index in [-0.39, 0.29) is 29.7 Å². The number of rotatable bonds is 4.